The number of fused-ring (bicyclic) bond motifs is 3. The summed E-state index contributed by atoms with van der Waals surface area (Å²) in [6.45, 7) is 6.43. The maximum absolute atomic E-state index is 9.03. The van der Waals surface area contributed by atoms with Gasteiger partial charge in [0, 0.05) is 11.1 Å². The van der Waals surface area contributed by atoms with Crippen LogP contribution in [0.5, 0.6) is 0 Å². The summed E-state index contributed by atoms with van der Waals surface area (Å²) in [7, 11) is 0. The summed E-state index contributed by atoms with van der Waals surface area (Å²) >= 11 is 1.68. The molecule has 2 aromatic carbocycles. The highest BCUT2D eigenvalue weighted by molar-refractivity contribution is 7.23. The molecule has 0 fully saturated rings. The van der Waals surface area contributed by atoms with Crippen LogP contribution in [0, 0.1) is 11.3 Å². The molecule has 0 aliphatic heterocycles. The van der Waals surface area contributed by atoms with Crippen LogP contribution in [0.4, 0.5) is 5.82 Å². The molecule has 124 valence electrons. The van der Waals surface area contributed by atoms with Crippen molar-refractivity contribution >= 4 is 32.3 Å². The molecule has 0 saturated carbocycles. The van der Waals surface area contributed by atoms with Gasteiger partial charge in [0.25, 0.3) is 0 Å². The van der Waals surface area contributed by atoms with Crippen molar-refractivity contribution < 1.29 is 0 Å². The lowest BCUT2D eigenvalue weighted by Gasteiger charge is -2.22. The van der Waals surface area contributed by atoms with Crippen molar-refractivity contribution in [3.8, 4) is 17.3 Å². The molecule has 0 unspecified atom stereocenters. The van der Waals surface area contributed by atoms with Gasteiger partial charge in [-0.15, -0.1) is 0 Å². The van der Waals surface area contributed by atoms with Gasteiger partial charge in [-0.1, -0.05) is 35.6 Å². The van der Waals surface area contributed by atoms with E-state index in [0.717, 1.165) is 27.6 Å². The smallest absolute Gasteiger partial charge is 0.197 e. The molecule has 0 atom stereocenters. The van der Waals surface area contributed by atoms with E-state index in [1.165, 1.54) is 4.70 Å². The van der Waals surface area contributed by atoms with E-state index in [4.69, 9.17) is 10.2 Å². The first-order chi connectivity index (χ1) is 12.0. The van der Waals surface area contributed by atoms with E-state index in [9.17, 15) is 0 Å². The molecule has 2 heterocycles. The zero-order valence-corrected chi connectivity index (χ0v) is 15.2. The highest BCUT2D eigenvalue weighted by atomic mass is 32.1. The first-order valence-electron chi connectivity index (χ1n) is 8.15. The molecule has 0 aliphatic rings. The lowest BCUT2D eigenvalue weighted by molar-refractivity contribution is 0.630. The highest BCUT2D eigenvalue weighted by Crippen LogP contribution is 2.37. The predicted octanol–water partition coefficient (Wildman–Crippen LogP) is 5.30. The van der Waals surface area contributed by atoms with Crippen LogP contribution >= 0.6 is 11.3 Å². The van der Waals surface area contributed by atoms with Gasteiger partial charge in [0.2, 0.25) is 0 Å². The monoisotopic (exact) mass is 346 g/mol. The van der Waals surface area contributed by atoms with Crippen molar-refractivity contribution in [1.82, 2.24) is 9.38 Å². The van der Waals surface area contributed by atoms with E-state index in [0.29, 0.717) is 5.56 Å². The molecule has 25 heavy (non-hydrogen) atoms. The Hall–Kier alpha value is -2.84. The molecule has 0 bridgehead atoms. The van der Waals surface area contributed by atoms with E-state index >= 15 is 0 Å². The number of para-hydroxylation sites is 1. The molecule has 2 aromatic heterocycles. The Morgan fingerprint density at radius 1 is 1.08 bits per heavy atom. The maximum Gasteiger partial charge on any atom is 0.197 e. The van der Waals surface area contributed by atoms with E-state index < -0.39 is 0 Å². The van der Waals surface area contributed by atoms with Gasteiger partial charge in [-0.25, -0.2) is 4.98 Å². The summed E-state index contributed by atoms with van der Waals surface area (Å²) in [5.41, 5.74) is 3.63. The highest BCUT2D eigenvalue weighted by Gasteiger charge is 2.21. The Balaban J connectivity index is 1.99. The molecule has 4 rings (SSSR count). The molecule has 0 radical (unpaired) electrons. The molecular weight excluding hydrogens is 328 g/mol. The number of benzene rings is 2. The average Bonchev–Trinajstić information content (AvgIpc) is 3.10. The third kappa shape index (κ3) is 2.75. The van der Waals surface area contributed by atoms with Crippen molar-refractivity contribution in [1.29, 1.82) is 5.26 Å². The fraction of sp³-hybridized carbons (Fsp3) is 0.200. The van der Waals surface area contributed by atoms with Gasteiger partial charge < -0.3 is 5.32 Å². The summed E-state index contributed by atoms with van der Waals surface area (Å²) in [6, 6.07) is 18.1. The summed E-state index contributed by atoms with van der Waals surface area (Å²) < 4.78 is 3.41. The van der Waals surface area contributed by atoms with Crippen LogP contribution in [-0.2, 0) is 0 Å². The number of rotatable bonds is 2. The second-order valence-electron chi connectivity index (χ2n) is 7.06. The number of hydrogen-bond donors (Lipinski definition) is 1. The molecule has 5 heteroatoms. The number of thiazole rings is 1. The number of imidazole rings is 1. The van der Waals surface area contributed by atoms with Crippen molar-refractivity contribution in [3.63, 3.8) is 0 Å². The fourth-order valence-electron chi connectivity index (χ4n) is 2.89. The lowest BCUT2D eigenvalue weighted by atomic mass is 10.1. The van der Waals surface area contributed by atoms with Gasteiger partial charge in [-0.2, -0.15) is 5.26 Å². The molecule has 0 aliphatic carbocycles. The molecule has 0 amide bonds. The van der Waals surface area contributed by atoms with E-state index in [2.05, 4.69) is 60.8 Å². The number of nitrogens with zero attached hydrogens (tertiary/aromatic N) is 3. The first kappa shape index (κ1) is 15.7. The summed E-state index contributed by atoms with van der Waals surface area (Å²) in [4.78, 5) is 5.86. The Labute approximate surface area is 150 Å². The van der Waals surface area contributed by atoms with Gasteiger partial charge in [0.1, 0.15) is 11.5 Å². The zero-order chi connectivity index (χ0) is 17.6. The maximum atomic E-state index is 9.03. The minimum absolute atomic E-state index is 0.0969. The lowest BCUT2D eigenvalue weighted by Crippen LogP contribution is -2.27. The van der Waals surface area contributed by atoms with Crippen LogP contribution in [0.25, 0.3) is 26.4 Å². The molecular formula is C20H18N4S. The number of nitriles is 1. The second-order valence-corrected chi connectivity index (χ2v) is 8.07. The summed E-state index contributed by atoms with van der Waals surface area (Å²) in [6.07, 6.45) is 0. The quantitative estimate of drug-likeness (QED) is 0.536. The average molecular weight is 346 g/mol. The van der Waals surface area contributed by atoms with Crippen LogP contribution in [0.1, 0.15) is 26.3 Å². The largest absolute Gasteiger partial charge is 0.365 e. The van der Waals surface area contributed by atoms with Crippen LogP contribution < -0.4 is 5.32 Å². The molecule has 1 N–H and O–H groups in total. The van der Waals surface area contributed by atoms with Crippen molar-refractivity contribution in [2.24, 2.45) is 0 Å². The van der Waals surface area contributed by atoms with Gasteiger partial charge in [-0.3, -0.25) is 4.40 Å². The Morgan fingerprint density at radius 3 is 2.48 bits per heavy atom. The normalized spacial score (nSPS) is 11.8. The van der Waals surface area contributed by atoms with Crippen molar-refractivity contribution in [3.05, 3.63) is 54.1 Å². The molecule has 0 saturated heterocycles. The minimum atomic E-state index is -0.0969. The SMILES string of the molecule is CC(C)(C)Nc1c(-c2ccc(C#N)cc2)nc2sc3ccccc3n12. The Bertz CT molecular complexity index is 1100. The van der Waals surface area contributed by atoms with Gasteiger partial charge in [-0.05, 0) is 45.0 Å². The third-order valence-corrected chi connectivity index (χ3v) is 4.96. The van der Waals surface area contributed by atoms with Gasteiger partial charge in [0.05, 0.1) is 21.8 Å². The Morgan fingerprint density at radius 2 is 1.80 bits per heavy atom. The van der Waals surface area contributed by atoms with E-state index in [-0.39, 0.29) is 5.54 Å². The number of anilines is 1. The van der Waals surface area contributed by atoms with E-state index in [1.54, 1.807) is 11.3 Å². The standard InChI is InChI=1S/C20H18N4S/c1-20(2,3)23-18-17(14-10-8-13(12-21)9-11-14)22-19-24(18)15-6-4-5-7-16(15)25-19/h4-11,23H,1-3H3. The van der Waals surface area contributed by atoms with Crippen LogP contribution in [0.3, 0.4) is 0 Å². The first-order valence-corrected chi connectivity index (χ1v) is 8.97. The predicted molar refractivity (Wildman–Crippen MR) is 104 cm³/mol. The minimum Gasteiger partial charge on any atom is -0.365 e. The van der Waals surface area contributed by atoms with Crippen LogP contribution in [0.15, 0.2) is 48.5 Å². The van der Waals surface area contributed by atoms with Gasteiger partial charge >= 0.3 is 0 Å². The number of aromatic nitrogens is 2. The second kappa shape index (κ2) is 5.61. The molecule has 4 nitrogen and oxygen atoms in total. The van der Waals surface area contributed by atoms with E-state index in [1.807, 2.05) is 24.3 Å². The summed E-state index contributed by atoms with van der Waals surface area (Å²) in [5.74, 6) is 0.990. The van der Waals surface area contributed by atoms with Crippen molar-refractivity contribution in [2.75, 3.05) is 5.32 Å². The van der Waals surface area contributed by atoms with Gasteiger partial charge in [0.15, 0.2) is 4.96 Å². The Kier molecular flexibility index (Phi) is 3.52. The summed E-state index contributed by atoms with van der Waals surface area (Å²) in [5, 5.41) is 12.6. The number of nitrogens with one attached hydrogen (secondary N) is 1. The topological polar surface area (TPSA) is 53.1 Å². The van der Waals surface area contributed by atoms with Crippen molar-refractivity contribution in [2.45, 2.75) is 26.3 Å². The van der Waals surface area contributed by atoms with Crippen LogP contribution in [-0.4, -0.2) is 14.9 Å². The molecule has 0 spiro atoms. The third-order valence-electron chi connectivity index (χ3n) is 3.93. The van der Waals surface area contributed by atoms with Crippen LogP contribution in [0.2, 0.25) is 0 Å². The zero-order valence-electron chi connectivity index (χ0n) is 14.4. The fourth-order valence-corrected chi connectivity index (χ4v) is 3.92. The molecule has 4 aromatic rings. The number of hydrogen-bond acceptors (Lipinski definition) is 4.